The molecule has 1 aliphatic rings. The minimum Gasteiger partial charge on any atom is -0.251 e. The van der Waals surface area contributed by atoms with Gasteiger partial charge in [0, 0.05) is 5.39 Å². The van der Waals surface area contributed by atoms with Gasteiger partial charge in [-0.05, 0) is 67.3 Å². The average Bonchev–Trinajstić information content (AvgIpc) is 2.73. The van der Waals surface area contributed by atoms with Crippen LogP contribution >= 0.6 is 0 Å². The van der Waals surface area contributed by atoms with Crippen LogP contribution in [0, 0.1) is 12.8 Å². The summed E-state index contributed by atoms with van der Waals surface area (Å²) in [5.41, 5.74) is 9.99. The third kappa shape index (κ3) is 3.99. The van der Waals surface area contributed by atoms with Crippen molar-refractivity contribution in [2.75, 3.05) is 0 Å². The standard InChI is InChI=1S/C27H32N2/c1-5-10-19-15-23-17-22-11-8-9-12-24(22)28-27(23)25(16-19)29-26-20(6-2)13-18(4)14-21(26)7-3/h8-9,11-14,17,19H,5-7,10,15-16H2,1-4H3. The lowest BCUT2D eigenvalue weighted by Gasteiger charge is -2.26. The number of hydrogen-bond donors (Lipinski definition) is 0. The lowest BCUT2D eigenvalue weighted by molar-refractivity contribution is 0.484. The molecule has 0 saturated heterocycles. The minimum atomic E-state index is 0.662. The fourth-order valence-corrected chi connectivity index (χ4v) is 4.78. The van der Waals surface area contributed by atoms with Crippen molar-refractivity contribution < 1.29 is 0 Å². The number of fused-ring (bicyclic) bond motifs is 2. The van der Waals surface area contributed by atoms with E-state index in [2.05, 4.69) is 70.2 Å². The van der Waals surface area contributed by atoms with Crippen LogP contribution in [0.4, 0.5) is 5.69 Å². The number of hydrogen-bond acceptors (Lipinski definition) is 2. The molecule has 0 saturated carbocycles. The highest BCUT2D eigenvalue weighted by atomic mass is 14.8. The molecule has 0 N–H and O–H groups in total. The molecule has 0 aliphatic heterocycles. The first-order chi connectivity index (χ1) is 14.1. The zero-order valence-corrected chi connectivity index (χ0v) is 18.3. The van der Waals surface area contributed by atoms with Crippen molar-refractivity contribution in [1.82, 2.24) is 4.98 Å². The largest absolute Gasteiger partial charge is 0.251 e. The molecule has 150 valence electrons. The normalized spacial score (nSPS) is 17.7. The molecule has 1 unspecified atom stereocenters. The molecule has 0 fully saturated rings. The van der Waals surface area contributed by atoms with Crippen LogP contribution in [0.5, 0.6) is 0 Å². The Hall–Kier alpha value is -2.48. The van der Waals surface area contributed by atoms with Crippen molar-refractivity contribution in [3.63, 3.8) is 0 Å². The number of aryl methyl sites for hydroxylation is 3. The SMILES string of the molecule is CCCC1CC(=Nc2c(CC)cc(C)cc2CC)c2nc3ccccc3cc2C1. The molecule has 2 heteroatoms. The topological polar surface area (TPSA) is 25.2 Å². The maximum atomic E-state index is 5.34. The van der Waals surface area contributed by atoms with E-state index in [1.165, 1.54) is 51.9 Å². The highest BCUT2D eigenvalue weighted by molar-refractivity contribution is 6.04. The van der Waals surface area contributed by atoms with Crippen LogP contribution in [0.2, 0.25) is 0 Å². The first-order valence-electron chi connectivity index (χ1n) is 11.2. The monoisotopic (exact) mass is 384 g/mol. The van der Waals surface area contributed by atoms with E-state index in [0.717, 1.165) is 36.9 Å². The minimum absolute atomic E-state index is 0.662. The van der Waals surface area contributed by atoms with Gasteiger partial charge in [0.05, 0.1) is 22.6 Å². The van der Waals surface area contributed by atoms with Gasteiger partial charge in [-0.2, -0.15) is 0 Å². The Morgan fingerprint density at radius 2 is 1.69 bits per heavy atom. The molecule has 29 heavy (non-hydrogen) atoms. The van der Waals surface area contributed by atoms with E-state index in [4.69, 9.17) is 9.98 Å². The van der Waals surface area contributed by atoms with E-state index < -0.39 is 0 Å². The summed E-state index contributed by atoms with van der Waals surface area (Å²) < 4.78 is 0. The maximum absolute atomic E-state index is 5.34. The molecular weight excluding hydrogens is 352 g/mol. The van der Waals surface area contributed by atoms with Gasteiger partial charge in [-0.15, -0.1) is 0 Å². The predicted octanol–water partition coefficient (Wildman–Crippen LogP) is 7.15. The second kappa shape index (κ2) is 8.49. The van der Waals surface area contributed by atoms with Crippen molar-refractivity contribution in [2.24, 2.45) is 10.9 Å². The summed E-state index contributed by atoms with van der Waals surface area (Å²) in [6.45, 7) is 8.95. The first kappa shape index (κ1) is 19.8. The highest BCUT2D eigenvalue weighted by Crippen LogP contribution is 2.34. The molecule has 4 rings (SSSR count). The van der Waals surface area contributed by atoms with Gasteiger partial charge in [0.1, 0.15) is 0 Å². The molecule has 1 heterocycles. The van der Waals surface area contributed by atoms with Crippen molar-refractivity contribution in [3.05, 3.63) is 70.4 Å². The number of nitrogens with zero attached hydrogens (tertiary/aromatic N) is 2. The van der Waals surface area contributed by atoms with Crippen LogP contribution in [0.3, 0.4) is 0 Å². The highest BCUT2D eigenvalue weighted by Gasteiger charge is 2.25. The van der Waals surface area contributed by atoms with Crippen LogP contribution in [0.1, 0.15) is 68.0 Å². The molecule has 1 aliphatic carbocycles. The molecule has 0 radical (unpaired) electrons. The number of aromatic nitrogens is 1. The molecule has 3 aromatic rings. The summed E-state index contributed by atoms with van der Waals surface area (Å²) in [4.78, 5) is 10.4. The van der Waals surface area contributed by atoms with Gasteiger partial charge in [-0.1, -0.05) is 69.5 Å². The van der Waals surface area contributed by atoms with Crippen molar-refractivity contribution in [1.29, 1.82) is 0 Å². The van der Waals surface area contributed by atoms with Crippen molar-refractivity contribution in [3.8, 4) is 0 Å². The number of rotatable bonds is 5. The zero-order valence-electron chi connectivity index (χ0n) is 18.3. The van der Waals surface area contributed by atoms with Gasteiger partial charge < -0.3 is 0 Å². The summed E-state index contributed by atoms with van der Waals surface area (Å²) in [7, 11) is 0. The summed E-state index contributed by atoms with van der Waals surface area (Å²) in [5, 5.41) is 1.24. The van der Waals surface area contributed by atoms with Crippen LogP contribution < -0.4 is 0 Å². The van der Waals surface area contributed by atoms with E-state index in [0.29, 0.717) is 5.92 Å². The molecule has 0 bridgehead atoms. The van der Waals surface area contributed by atoms with E-state index in [-0.39, 0.29) is 0 Å². The first-order valence-corrected chi connectivity index (χ1v) is 11.2. The smallest absolute Gasteiger partial charge is 0.0884 e. The Kier molecular flexibility index (Phi) is 5.80. The van der Waals surface area contributed by atoms with E-state index in [1.807, 2.05) is 0 Å². The Labute approximate surface area is 175 Å². The van der Waals surface area contributed by atoms with Crippen LogP contribution in [0.25, 0.3) is 10.9 Å². The average molecular weight is 385 g/mol. The van der Waals surface area contributed by atoms with Crippen molar-refractivity contribution in [2.45, 2.75) is 66.2 Å². The van der Waals surface area contributed by atoms with Gasteiger partial charge in [0.15, 0.2) is 0 Å². The number of pyridine rings is 1. The Balaban J connectivity index is 1.90. The van der Waals surface area contributed by atoms with Crippen LogP contribution in [0.15, 0.2) is 47.5 Å². The predicted molar refractivity (Wildman–Crippen MR) is 125 cm³/mol. The number of para-hydroxylation sites is 1. The Bertz CT molecular complexity index is 1040. The molecule has 0 spiro atoms. The Morgan fingerprint density at radius 3 is 2.38 bits per heavy atom. The van der Waals surface area contributed by atoms with E-state index in [1.54, 1.807) is 0 Å². The molecule has 1 atom stereocenters. The quantitative estimate of drug-likeness (QED) is 0.458. The van der Waals surface area contributed by atoms with Gasteiger partial charge in [-0.3, -0.25) is 4.99 Å². The maximum Gasteiger partial charge on any atom is 0.0884 e. The summed E-state index contributed by atoms with van der Waals surface area (Å²) in [6, 6.07) is 15.4. The van der Waals surface area contributed by atoms with E-state index in [9.17, 15) is 0 Å². The molecular formula is C27H32N2. The Morgan fingerprint density at radius 1 is 0.966 bits per heavy atom. The second-order valence-corrected chi connectivity index (χ2v) is 8.45. The van der Waals surface area contributed by atoms with Gasteiger partial charge in [-0.25, -0.2) is 4.98 Å². The summed E-state index contributed by atoms with van der Waals surface area (Å²) in [5.74, 6) is 0.662. The number of aliphatic imine (C=N–C) groups is 1. The zero-order chi connectivity index (χ0) is 20.4. The molecule has 2 nitrogen and oxygen atoms in total. The van der Waals surface area contributed by atoms with E-state index >= 15 is 0 Å². The van der Waals surface area contributed by atoms with Crippen LogP contribution in [-0.2, 0) is 19.3 Å². The van der Waals surface area contributed by atoms with Gasteiger partial charge in [0.2, 0.25) is 0 Å². The summed E-state index contributed by atoms with van der Waals surface area (Å²) >= 11 is 0. The van der Waals surface area contributed by atoms with Gasteiger partial charge in [0.25, 0.3) is 0 Å². The fraction of sp³-hybridized carbons (Fsp3) is 0.407. The lowest BCUT2D eigenvalue weighted by atomic mass is 9.82. The fourth-order valence-electron chi connectivity index (χ4n) is 4.78. The lowest BCUT2D eigenvalue weighted by Crippen LogP contribution is -2.22. The molecule has 1 aromatic heterocycles. The molecule has 0 amide bonds. The second-order valence-electron chi connectivity index (χ2n) is 8.45. The third-order valence-corrected chi connectivity index (χ3v) is 6.18. The number of benzene rings is 2. The third-order valence-electron chi connectivity index (χ3n) is 6.18. The summed E-state index contributed by atoms with van der Waals surface area (Å²) in [6.07, 6.45) is 6.65. The van der Waals surface area contributed by atoms with Gasteiger partial charge >= 0.3 is 0 Å². The molecule has 2 aromatic carbocycles. The van der Waals surface area contributed by atoms with Crippen molar-refractivity contribution >= 4 is 22.3 Å². The van der Waals surface area contributed by atoms with Crippen LogP contribution in [-0.4, -0.2) is 10.7 Å².